The summed E-state index contributed by atoms with van der Waals surface area (Å²) in [6.07, 6.45) is 8.80. The molecular weight excluding hydrogens is 188 g/mol. The Hall–Kier alpha value is -0.370. The zero-order valence-electron chi connectivity index (χ0n) is 10.1. The normalized spacial score (nSPS) is 23.9. The first kappa shape index (κ1) is 12.7. The van der Waals surface area contributed by atoms with Crippen molar-refractivity contribution in [1.29, 1.82) is 0 Å². The van der Waals surface area contributed by atoms with Crippen LogP contribution in [0.1, 0.15) is 65.2 Å². The van der Waals surface area contributed by atoms with Gasteiger partial charge in [-0.25, -0.2) is 0 Å². The maximum atomic E-state index is 11.1. The minimum absolute atomic E-state index is 0.0991. The summed E-state index contributed by atoms with van der Waals surface area (Å²) in [6.45, 7) is 3.40. The van der Waals surface area contributed by atoms with Gasteiger partial charge in [0.05, 0.1) is 5.60 Å². The van der Waals surface area contributed by atoms with Crippen molar-refractivity contribution < 1.29 is 9.90 Å². The van der Waals surface area contributed by atoms with E-state index in [0.29, 0.717) is 12.3 Å². The first-order valence-corrected chi connectivity index (χ1v) is 6.24. The fraction of sp³-hybridized carbons (Fsp3) is 0.923. The molecule has 1 N–H and O–H groups in total. The summed E-state index contributed by atoms with van der Waals surface area (Å²) in [4.78, 5) is 11.1. The molecule has 0 radical (unpaired) electrons. The van der Waals surface area contributed by atoms with Gasteiger partial charge in [0.1, 0.15) is 5.78 Å². The van der Waals surface area contributed by atoms with E-state index in [1.165, 1.54) is 32.1 Å². The zero-order valence-corrected chi connectivity index (χ0v) is 10.1. The van der Waals surface area contributed by atoms with Gasteiger partial charge < -0.3 is 5.11 Å². The van der Waals surface area contributed by atoms with E-state index in [4.69, 9.17) is 0 Å². The van der Waals surface area contributed by atoms with Gasteiger partial charge in [0, 0.05) is 6.42 Å². The van der Waals surface area contributed by atoms with Crippen molar-refractivity contribution in [2.45, 2.75) is 70.8 Å². The van der Waals surface area contributed by atoms with E-state index in [2.05, 4.69) is 0 Å². The average molecular weight is 212 g/mol. The second kappa shape index (κ2) is 5.64. The van der Waals surface area contributed by atoms with Gasteiger partial charge in [-0.15, -0.1) is 0 Å². The number of carbonyl (C=O) groups excluding carboxylic acids is 1. The Balaban J connectivity index is 2.53. The number of ketones is 1. The third-order valence-electron chi connectivity index (χ3n) is 3.59. The molecule has 0 aliphatic heterocycles. The first-order chi connectivity index (χ1) is 7.02. The van der Waals surface area contributed by atoms with Gasteiger partial charge in [0.2, 0.25) is 0 Å². The lowest BCUT2D eigenvalue weighted by molar-refractivity contribution is -0.123. The van der Waals surface area contributed by atoms with Crippen LogP contribution in [-0.4, -0.2) is 16.5 Å². The SMILES string of the molecule is CC(=O)CC(C)(O)C1CCCCCCC1. The standard InChI is InChI=1S/C13H24O2/c1-11(14)10-13(2,15)12-8-6-4-3-5-7-9-12/h12,15H,3-10H2,1-2H3. The van der Waals surface area contributed by atoms with Gasteiger partial charge in [-0.2, -0.15) is 0 Å². The van der Waals surface area contributed by atoms with Crippen LogP contribution in [0.5, 0.6) is 0 Å². The van der Waals surface area contributed by atoms with Gasteiger partial charge in [0.15, 0.2) is 0 Å². The minimum Gasteiger partial charge on any atom is -0.389 e. The number of hydrogen-bond donors (Lipinski definition) is 1. The molecular formula is C13H24O2. The Kier molecular flexibility index (Phi) is 4.78. The smallest absolute Gasteiger partial charge is 0.132 e. The van der Waals surface area contributed by atoms with Crippen LogP contribution in [0.15, 0.2) is 0 Å². The van der Waals surface area contributed by atoms with E-state index in [0.717, 1.165) is 12.8 Å². The van der Waals surface area contributed by atoms with Gasteiger partial charge in [-0.1, -0.05) is 32.1 Å². The second-order valence-corrected chi connectivity index (χ2v) is 5.28. The highest BCUT2D eigenvalue weighted by Gasteiger charge is 2.32. The molecule has 0 aromatic heterocycles. The van der Waals surface area contributed by atoms with Crippen molar-refractivity contribution in [2.24, 2.45) is 5.92 Å². The number of aliphatic hydroxyl groups is 1. The molecule has 0 bridgehead atoms. The molecule has 15 heavy (non-hydrogen) atoms. The summed E-state index contributed by atoms with van der Waals surface area (Å²) in [6, 6.07) is 0. The van der Waals surface area contributed by atoms with Crippen LogP contribution in [0.3, 0.4) is 0 Å². The first-order valence-electron chi connectivity index (χ1n) is 6.24. The number of Topliss-reactive ketones (excluding diaryl/α,β-unsaturated/α-hetero) is 1. The lowest BCUT2D eigenvalue weighted by Gasteiger charge is -2.33. The molecule has 1 unspecified atom stereocenters. The molecule has 1 fully saturated rings. The molecule has 1 aliphatic rings. The predicted molar refractivity (Wildman–Crippen MR) is 61.7 cm³/mol. The van der Waals surface area contributed by atoms with Crippen molar-refractivity contribution in [2.75, 3.05) is 0 Å². The van der Waals surface area contributed by atoms with Crippen molar-refractivity contribution in [3.05, 3.63) is 0 Å². The molecule has 0 saturated heterocycles. The molecule has 0 spiro atoms. The summed E-state index contributed by atoms with van der Waals surface area (Å²) in [5.74, 6) is 0.420. The van der Waals surface area contributed by atoms with Crippen LogP contribution < -0.4 is 0 Å². The van der Waals surface area contributed by atoms with E-state index < -0.39 is 5.60 Å². The van der Waals surface area contributed by atoms with E-state index in [1.807, 2.05) is 6.92 Å². The molecule has 0 aromatic rings. The van der Waals surface area contributed by atoms with Gasteiger partial charge in [0.25, 0.3) is 0 Å². The van der Waals surface area contributed by atoms with Crippen LogP contribution in [0.4, 0.5) is 0 Å². The highest BCUT2D eigenvalue weighted by Crippen LogP contribution is 2.33. The monoisotopic (exact) mass is 212 g/mol. The van der Waals surface area contributed by atoms with Crippen LogP contribution in [0, 0.1) is 5.92 Å². The molecule has 1 saturated carbocycles. The Morgan fingerprint density at radius 3 is 2.13 bits per heavy atom. The fourth-order valence-corrected chi connectivity index (χ4v) is 2.73. The fourth-order valence-electron chi connectivity index (χ4n) is 2.73. The highest BCUT2D eigenvalue weighted by atomic mass is 16.3. The summed E-state index contributed by atoms with van der Waals surface area (Å²) >= 11 is 0. The van der Waals surface area contributed by atoms with E-state index in [-0.39, 0.29) is 5.78 Å². The quantitative estimate of drug-likeness (QED) is 0.780. The number of carbonyl (C=O) groups is 1. The lowest BCUT2D eigenvalue weighted by Crippen LogP contribution is -2.36. The molecule has 0 aromatic carbocycles. The molecule has 1 aliphatic carbocycles. The van der Waals surface area contributed by atoms with Crippen molar-refractivity contribution in [3.8, 4) is 0 Å². The van der Waals surface area contributed by atoms with Crippen molar-refractivity contribution in [3.63, 3.8) is 0 Å². The van der Waals surface area contributed by atoms with Crippen LogP contribution in [0.2, 0.25) is 0 Å². The molecule has 0 heterocycles. The maximum Gasteiger partial charge on any atom is 0.132 e. The van der Waals surface area contributed by atoms with Crippen molar-refractivity contribution >= 4 is 5.78 Å². The van der Waals surface area contributed by atoms with Gasteiger partial charge in [-0.05, 0) is 32.6 Å². The van der Waals surface area contributed by atoms with E-state index in [1.54, 1.807) is 6.92 Å². The van der Waals surface area contributed by atoms with Crippen LogP contribution in [0.25, 0.3) is 0 Å². The molecule has 1 atom stereocenters. The Morgan fingerprint density at radius 2 is 1.67 bits per heavy atom. The van der Waals surface area contributed by atoms with Gasteiger partial charge in [-0.3, -0.25) is 4.79 Å². The Bertz CT molecular complexity index is 201. The van der Waals surface area contributed by atoms with Crippen LogP contribution in [-0.2, 0) is 4.79 Å². The molecule has 1 rings (SSSR count). The third kappa shape index (κ3) is 4.33. The topological polar surface area (TPSA) is 37.3 Å². The summed E-state index contributed by atoms with van der Waals surface area (Å²) < 4.78 is 0. The lowest BCUT2D eigenvalue weighted by atomic mass is 9.77. The maximum absolute atomic E-state index is 11.1. The largest absolute Gasteiger partial charge is 0.389 e. The Morgan fingerprint density at radius 1 is 1.20 bits per heavy atom. The number of hydrogen-bond acceptors (Lipinski definition) is 2. The molecule has 0 amide bonds. The zero-order chi connectivity index (χ0) is 11.3. The summed E-state index contributed by atoms with van der Waals surface area (Å²) in [7, 11) is 0. The highest BCUT2D eigenvalue weighted by molar-refractivity contribution is 5.76. The predicted octanol–water partition coefficient (Wildman–Crippen LogP) is 3.08. The van der Waals surface area contributed by atoms with E-state index >= 15 is 0 Å². The van der Waals surface area contributed by atoms with Crippen molar-refractivity contribution in [1.82, 2.24) is 0 Å². The second-order valence-electron chi connectivity index (χ2n) is 5.28. The van der Waals surface area contributed by atoms with Crippen LogP contribution >= 0.6 is 0 Å². The summed E-state index contributed by atoms with van der Waals surface area (Å²) in [5.41, 5.74) is -0.775. The minimum atomic E-state index is -0.775. The summed E-state index contributed by atoms with van der Waals surface area (Å²) in [5, 5.41) is 10.3. The molecule has 2 nitrogen and oxygen atoms in total. The molecule has 88 valence electrons. The van der Waals surface area contributed by atoms with E-state index in [9.17, 15) is 9.90 Å². The Labute approximate surface area is 93.1 Å². The molecule has 2 heteroatoms. The third-order valence-corrected chi connectivity index (χ3v) is 3.59. The average Bonchev–Trinajstić information content (AvgIpc) is 1.98. The van der Waals surface area contributed by atoms with Gasteiger partial charge >= 0.3 is 0 Å². The number of rotatable bonds is 3.